The van der Waals surface area contributed by atoms with Crippen LogP contribution in [0, 0.1) is 0 Å². The van der Waals surface area contributed by atoms with Gasteiger partial charge in [0.05, 0.1) is 5.69 Å². The largest absolute Gasteiger partial charge is 0.325 e. The van der Waals surface area contributed by atoms with Gasteiger partial charge in [-0.1, -0.05) is 0 Å². The molecule has 1 rings (SSSR count). The molecule has 0 aliphatic carbocycles. The molecule has 7 heteroatoms. The molecule has 0 spiro atoms. The summed E-state index contributed by atoms with van der Waals surface area (Å²) in [5.74, 6) is 0. The molecule has 0 unspecified atom stereocenters. The van der Waals surface area contributed by atoms with E-state index in [2.05, 4.69) is 5.10 Å². The Bertz CT molecular complexity index is 229. The molecule has 1 aromatic heterocycles. The van der Waals surface area contributed by atoms with Crippen LogP contribution in [0.2, 0.25) is 0 Å². The third kappa shape index (κ3) is 5.02. The molecule has 2 N–H and O–H groups in total. The van der Waals surface area contributed by atoms with E-state index in [0.29, 0.717) is 5.69 Å². The van der Waals surface area contributed by atoms with Crippen LogP contribution in [0.25, 0.3) is 0 Å². The summed E-state index contributed by atoms with van der Waals surface area (Å²) in [5.41, 5.74) is 5.86. The molecule has 0 aromatic carbocycles. The average molecular weight is 234 g/mol. The minimum atomic E-state index is -2.36. The molecular weight excluding hydrogens is 223 g/mol. The van der Waals surface area contributed by atoms with Crippen LogP contribution < -0.4 is 5.73 Å². The summed E-state index contributed by atoms with van der Waals surface area (Å²) < 4.78 is 24.7. The van der Waals surface area contributed by atoms with Gasteiger partial charge in [-0.25, -0.2) is 8.78 Å². The second-order valence-electron chi connectivity index (χ2n) is 2.12. The molecule has 0 saturated heterocycles. The van der Waals surface area contributed by atoms with Gasteiger partial charge >= 0.3 is 0 Å². The number of hydrogen-bond donors (Lipinski definition) is 1. The molecule has 1 aromatic rings. The van der Waals surface area contributed by atoms with Crippen molar-refractivity contribution in [2.45, 2.75) is 19.5 Å². The van der Waals surface area contributed by atoms with E-state index in [1.165, 1.54) is 10.9 Å². The number of hydrogen-bond acceptors (Lipinski definition) is 2. The molecule has 0 atom stereocenters. The highest BCUT2D eigenvalue weighted by Gasteiger charge is 2.04. The molecular formula is C6H11Cl2F2N3. The van der Waals surface area contributed by atoms with Gasteiger partial charge in [-0.15, -0.1) is 24.8 Å². The summed E-state index contributed by atoms with van der Waals surface area (Å²) >= 11 is 0. The van der Waals surface area contributed by atoms with Gasteiger partial charge in [0.1, 0.15) is 6.54 Å². The second-order valence-corrected chi connectivity index (χ2v) is 2.12. The minimum absolute atomic E-state index is 0. The Morgan fingerprint density at radius 2 is 2.08 bits per heavy atom. The van der Waals surface area contributed by atoms with E-state index in [0.717, 1.165) is 0 Å². The third-order valence-corrected chi connectivity index (χ3v) is 1.23. The first-order valence-corrected chi connectivity index (χ1v) is 3.23. The highest BCUT2D eigenvalue weighted by molar-refractivity contribution is 5.85. The first-order valence-electron chi connectivity index (χ1n) is 3.23. The number of nitrogens with two attached hydrogens (primary N) is 1. The van der Waals surface area contributed by atoms with Crippen molar-refractivity contribution in [1.82, 2.24) is 9.78 Å². The Hall–Kier alpha value is -0.390. The summed E-state index contributed by atoms with van der Waals surface area (Å²) in [5, 5.41) is 3.78. The number of aromatic nitrogens is 2. The summed E-state index contributed by atoms with van der Waals surface area (Å²) in [6.45, 7) is -0.0732. The first kappa shape index (κ1) is 15.1. The highest BCUT2D eigenvalue weighted by Crippen LogP contribution is 1.99. The quantitative estimate of drug-likeness (QED) is 0.860. The molecule has 0 radical (unpaired) electrons. The Morgan fingerprint density at radius 3 is 2.46 bits per heavy atom. The van der Waals surface area contributed by atoms with Crippen molar-refractivity contribution in [3.05, 3.63) is 18.0 Å². The van der Waals surface area contributed by atoms with Gasteiger partial charge in [0.25, 0.3) is 6.43 Å². The number of alkyl halides is 2. The number of halogens is 4. The van der Waals surface area contributed by atoms with Crippen molar-refractivity contribution < 1.29 is 8.78 Å². The van der Waals surface area contributed by atoms with E-state index in [1.54, 1.807) is 6.07 Å². The maximum Gasteiger partial charge on any atom is 0.257 e. The average Bonchev–Trinajstić information content (AvgIpc) is 2.34. The van der Waals surface area contributed by atoms with Crippen LogP contribution in [0.1, 0.15) is 5.69 Å². The predicted octanol–water partition coefficient (Wildman–Crippen LogP) is 1.45. The van der Waals surface area contributed by atoms with Crippen LogP contribution in [0.4, 0.5) is 8.78 Å². The van der Waals surface area contributed by atoms with Gasteiger partial charge < -0.3 is 5.73 Å². The molecule has 1 heterocycles. The number of nitrogens with zero attached hydrogens (tertiary/aromatic N) is 2. The fourth-order valence-electron chi connectivity index (χ4n) is 0.756. The van der Waals surface area contributed by atoms with Crippen LogP contribution in [0.3, 0.4) is 0 Å². The van der Waals surface area contributed by atoms with Crippen molar-refractivity contribution in [3.8, 4) is 0 Å². The van der Waals surface area contributed by atoms with Crippen LogP contribution in [0.5, 0.6) is 0 Å². The predicted molar refractivity (Wildman–Crippen MR) is 50.6 cm³/mol. The maximum atomic E-state index is 11.7. The lowest BCUT2D eigenvalue weighted by molar-refractivity contribution is 0.121. The van der Waals surface area contributed by atoms with Gasteiger partial charge in [0, 0.05) is 12.7 Å². The van der Waals surface area contributed by atoms with Gasteiger partial charge in [-0.3, -0.25) is 4.68 Å². The van der Waals surface area contributed by atoms with Crippen molar-refractivity contribution in [2.75, 3.05) is 0 Å². The smallest absolute Gasteiger partial charge is 0.257 e. The molecule has 3 nitrogen and oxygen atoms in total. The highest BCUT2D eigenvalue weighted by atomic mass is 35.5. The third-order valence-electron chi connectivity index (χ3n) is 1.23. The molecule has 0 fully saturated rings. The van der Waals surface area contributed by atoms with E-state index < -0.39 is 6.43 Å². The van der Waals surface area contributed by atoms with Crippen LogP contribution >= 0.6 is 24.8 Å². The summed E-state index contributed by atoms with van der Waals surface area (Å²) in [6, 6.07) is 1.63. The Labute approximate surface area is 87.1 Å². The fourth-order valence-corrected chi connectivity index (χ4v) is 0.756. The van der Waals surface area contributed by atoms with Gasteiger partial charge in [0.2, 0.25) is 0 Å². The zero-order valence-corrected chi connectivity index (χ0v) is 8.32. The minimum Gasteiger partial charge on any atom is -0.325 e. The van der Waals surface area contributed by atoms with Gasteiger partial charge in [-0.2, -0.15) is 5.10 Å². The monoisotopic (exact) mass is 233 g/mol. The van der Waals surface area contributed by atoms with Crippen molar-refractivity contribution in [3.63, 3.8) is 0 Å². The summed E-state index contributed by atoms with van der Waals surface area (Å²) in [6.07, 6.45) is -0.866. The van der Waals surface area contributed by atoms with Gasteiger partial charge in [0.15, 0.2) is 0 Å². The lowest BCUT2D eigenvalue weighted by atomic mass is 10.4. The van der Waals surface area contributed by atoms with E-state index in [1.807, 2.05) is 0 Å². The SMILES string of the molecule is Cl.Cl.NCc1ccn(CC(F)F)n1. The van der Waals surface area contributed by atoms with E-state index >= 15 is 0 Å². The molecule has 0 saturated carbocycles. The van der Waals surface area contributed by atoms with Crippen LogP contribution in [-0.4, -0.2) is 16.2 Å². The molecule has 0 bridgehead atoms. The van der Waals surface area contributed by atoms with E-state index in [4.69, 9.17) is 5.73 Å². The first-order chi connectivity index (χ1) is 5.22. The fraction of sp³-hybridized carbons (Fsp3) is 0.500. The van der Waals surface area contributed by atoms with Crippen LogP contribution in [-0.2, 0) is 13.1 Å². The Balaban J connectivity index is 0. The zero-order chi connectivity index (χ0) is 8.27. The van der Waals surface area contributed by atoms with Crippen LogP contribution in [0.15, 0.2) is 12.3 Å². The van der Waals surface area contributed by atoms with Crippen molar-refractivity contribution >= 4 is 24.8 Å². The normalized spacial score (nSPS) is 9.23. The molecule has 13 heavy (non-hydrogen) atoms. The molecule has 0 aliphatic rings. The number of rotatable bonds is 3. The second kappa shape index (κ2) is 7.06. The molecule has 0 amide bonds. The van der Waals surface area contributed by atoms with E-state index in [-0.39, 0.29) is 37.9 Å². The Kier molecular flexibility index (Phi) is 8.20. The lowest BCUT2D eigenvalue weighted by Crippen LogP contribution is -2.08. The molecule has 78 valence electrons. The zero-order valence-electron chi connectivity index (χ0n) is 6.69. The lowest BCUT2D eigenvalue weighted by Gasteiger charge is -1.97. The maximum absolute atomic E-state index is 11.7. The van der Waals surface area contributed by atoms with Gasteiger partial charge in [-0.05, 0) is 6.07 Å². The topological polar surface area (TPSA) is 43.8 Å². The summed E-state index contributed by atoms with van der Waals surface area (Å²) in [7, 11) is 0. The molecule has 0 aliphatic heterocycles. The Morgan fingerprint density at radius 1 is 1.46 bits per heavy atom. The van der Waals surface area contributed by atoms with E-state index in [9.17, 15) is 8.78 Å². The van der Waals surface area contributed by atoms with Crippen molar-refractivity contribution in [1.29, 1.82) is 0 Å². The summed E-state index contributed by atoms with van der Waals surface area (Å²) in [4.78, 5) is 0. The van der Waals surface area contributed by atoms with Crippen molar-refractivity contribution in [2.24, 2.45) is 5.73 Å². The standard InChI is InChI=1S/C6H9F2N3.2ClH/c7-6(8)4-11-2-1-5(3-9)10-11;;/h1-2,6H,3-4,9H2;2*1H.